The van der Waals surface area contributed by atoms with Gasteiger partial charge in [-0.3, -0.25) is 9.59 Å². The third-order valence-electron chi connectivity index (χ3n) is 9.37. The zero-order chi connectivity index (χ0) is 20.3. The van der Waals surface area contributed by atoms with Gasteiger partial charge in [0, 0.05) is 12.8 Å². The minimum absolute atomic E-state index is 0.0199. The summed E-state index contributed by atoms with van der Waals surface area (Å²) in [5.74, 6) is 1.17. The van der Waals surface area contributed by atoms with E-state index in [4.69, 9.17) is 4.74 Å². The smallest absolute Gasteiger partial charge is 0.303 e. The molecule has 4 fully saturated rings. The molecule has 2 unspecified atom stereocenters. The molecule has 9 atom stereocenters. The molecule has 0 saturated heterocycles. The van der Waals surface area contributed by atoms with E-state index in [0.717, 1.165) is 44.9 Å². The molecule has 5 heteroatoms. The van der Waals surface area contributed by atoms with Crippen LogP contribution >= 0.6 is 0 Å². The van der Waals surface area contributed by atoms with Crippen LogP contribution in [0.5, 0.6) is 0 Å². The van der Waals surface area contributed by atoms with E-state index in [1.54, 1.807) is 0 Å². The summed E-state index contributed by atoms with van der Waals surface area (Å²) in [7, 11) is 0. The number of Topliss-reactive ketones (excluding diaryl/α,β-unsaturated/α-hetero) is 1. The first-order valence-electron chi connectivity index (χ1n) is 11.2. The van der Waals surface area contributed by atoms with E-state index in [2.05, 4.69) is 13.8 Å². The minimum Gasteiger partial charge on any atom is -0.458 e. The Morgan fingerprint density at radius 2 is 1.79 bits per heavy atom. The highest BCUT2D eigenvalue weighted by molar-refractivity contribution is 5.85. The molecule has 0 aromatic rings. The Morgan fingerprint density at radius 1 is 1.04 bits per heavy atom. The van der Waals surface area contributed by atoms with E-state index in [9.17, 15) is 19.8 Å². The van der Waals surface area contributed by atoms with Gasteiger partial charge in [-0.1, -0.05) is 13.8 Å². The standard InChI is InChI=1S/C23H36O5/c1-13(24)28-12-20(27)18-7-6-17-16-5-4-14-10-15(25)8-9-22(14,2)21(16)19(26)11-23(17,18)3/h14-19,21,25-26H,4-12H2,1-3H3/t14-,15+,16-,17-,18+,19?,21+,22-,23?/m0/s1. The summed E-state index contributed by atoms with van der Waals surface area (Å²) in [6.07, 6.45) is 6.90. The van der Waals surface area contributed by atoms with Crippen molar-refractivity contribution in [1.82, 2.24) is 0 Å². The molecule has 28 heavy (non-hydrogen) atoms. The lowest BCUT2D eigenvalue weighted by molar-refractivity contribution is -0.179. The molecule has 4 aliphatic carbocycles. The number of aliphatic hydroxyl groups excluding tert-OH is 2. The molecule has 0 amide bonds. The second-order valence-corrected chi connectivity index (χ2v) is 10.7. The van der Waals surface area contributed by atoms with Crippen LogP contribution in [-0.4, -0.2) is 40.8 Å². The normalized spacial score (nSPS) is 50.2. The Kier molecular flexibility index (Phi) is 5.15. The molecule has 158 valence electrons. The van der Waals surface area contributed by atoms with Gasteiger partial charge in [-0.05, 0) is 85.9 Å². The number of carbonyl (C=O) groups is 2. The van der Waals surface area contributed by atoms with Crippen molar-refractivity contribution in [3.8, 4) is 0 Å². The van der Waals surface area contributed by atoms with Gasteiger partial charge in [-0.2, -0.15) is 0 Å². The lowest BCUT2D eigenvalue weighted by Gasteiger charge is -2.62. The molecule has 0 spiro atoms. The Hall–Kier alpha value is -0.940. The van der Waals surface area contributed by atoms with E-state index in [1.165, 1.54) is 6.92 Å². The molecule has 0 aromatic heterocycles. The summed E-state index contributed by atoms with van der Waals surface area (Å²) in [6.45, 7) is 5.75. The molecule has 0 bridgehead atoms. The quantitative estimate of drug-likeness (QED) is 0.721. The number of rotatable bonds is 3. The Morgan fingerprint density at radius 3 is 2.50 bits per heavy atom. The molecular formula is C23H36O5. The fourth-order valence-corrected chi connectivity index (χ4v) is 8.16. The van der Waals surface area contributed by atoms with Crippen LogP contribution in [0.15, 0.2) is 0 Å². The van der Waals surface area contributed by atoms with Crippen molar-refractivity contribution >= 4 is 11.8 Å². The number of ketones is 1. The Labute approximate surface area is 168 Å². The average Bonchev–Trinajstić information content (AvgIpc) is 2.96. The number of fused-ring (bicyclic) bond motifs is 5. The van der Waals surface area contributed by atoms with Crippen LogP contribution in [0.2, 0.25) is 0 Å². The monoisotopic (exact) mass is 392 g/mol. The number of esters is 1. The SMILES string of the molecule is CC(=O)OCC(=O)[C@H]1CC[C@H]2[C@@H]3CC[C@H]4C[C@H](O)CC[C@]4(C)[C@H]3C(O)CC12C. The van der Waals surface area contributed by atoms with Crippen LogP contribution in [-0.2, 0) is 14.3 Å². The van der Waals surface area contributed by atoms with Gasteiger partial charge in [0.25, 0.3) is 0 Å². The molecule has 5 nitrogen and oxygen atoms in total. The number of hydrogen-bond donors (Lipinski definition) is 2. The van der Waals surface area contributed by atoms with E-state index >= 15 is 0 Å². The van der Waals surface area contributed by atoms with Crippen molar-refractivity contribution in [3.63, 3.8) is 0 Å². The fraction of sp³-hybridized carbons (Fsp3) is 0.913. The van der Waals surface area contributed by atoms with Crippen LogP contribution in [0.1, 0.15) is 72.1 Å². The third kappa shape index (κ3) is 3.04. The second-order valence-electron chi connectivity index (χ2n) is 10.7. The number of carbonyl (C=O) groups excluding carboxylic acids is 2. The van der Waals surface area contributed by atoms with E-state index < -0.39 is 12.1 Å². The van der Waals surface area contributed by atoms with Gasteiger partial charge in [-0.25, -0.2) is 0 Å². The molecule has 4 saturated carbocycles. The summed E-state index contributed by atoms with van der Waals surface area (Å²) in [5.41, 5.74) is -0.0993. The van der Waals surface area contributed by atoms with Gasteiger partial charge in [0.2, 0.25) is 0 Å². The van der Waals surface area contributed by atoms with Crippen molar-refractivity contribution in [3.05, 3.63) is 0 Å². The topological polar surface area (TPSA) is 83.8 Å². The predicted molar refractivity (Wildman–Crippen MR) is 104 cm³/mol. The molecule has 0 heterocycles. The first-order valence-corrected chi connectivity index (χ1v) is 11.2. The van der Waals surface area contributed by atoms with Crippen LogP contribution in [0.25, 0.3) is 0 Å². The summed E-state index contributed by atoms with van der Waals surface area (Å²) in [6, 6.07) is 0. The zero-order valence-electron chi connectivity index (χ0n) is 17.5. The van der Waals surface area contributed by atoms with Crippen LogP contribution < -0.4 is 0 Å². The number of hydrogen-bond acceptors (Lipinski definition) is 5. The molecular weight excluding hydrogens is 356 g/mol. The summed E-state index contributed by atoms with van der Waals surface area (Å²) >= 11 is 0. The maximum absolute atomic E-state index is 12.8. The van der Waals surface area contributed by atoms with Crippen molar-refractivity contribution < 1.29 is 24.5 Å². The van der Waals surface area contributed by atoms with Crippen molar-refractivity contribution in [2.75, 3.05) is 6.61 Å². The molecule has 0 radical (unpaired) electrons. The molecule has 4 rings (SSSR count). The van der Waals surface area contributed by atoms with E-state index in [0.29, 0.717) is 24.2 Å². The van der Waals surface area contributed by atoms with Crippen LogP contribution in [0.3, 0.4) is 0 Å². The van der Waals surface area contributed by atoms with E-state index in [1.807, 2.05) is 0 Å². The van der Waals surface area contributed by atoms with Gasteiger partial charge in [-0.15, -0.1) is 0 Å². The molecule has 2 N–H and O–H groups in total. The molecule has 0 aromatic carbocycles. The highest BCUT2D eigenvalue weighted by Gasteiger charge is 2.63. The zero-order valence-corrected chi connectivity index (χ0v) is 17.5. The van der Waals surface area contributed by atoms with Crippen LogP contribution in [0, 0.1) is 40.4 Å². The van der Waals surface area contributed by atoms with Gasteiger partial charge >= 0.3 is 5.97 Å². The fourth-order valence-electron chi connectivity index (χ4n) is 8.16. The summed E-state index contributed by atoms with van der Waals surface area (Å²) < 4.78 is 5.00. The lowest BCUT2D eigenvalue weighted by atomic mass is 9.44. The van der Waals surface area contributed by atoms with Crippen molar-refractivity contribution in [2.24, 2.45) is 40.4 Å². The maximum Gasteiger partial charge on any atom is 0.303 e. The first-order chi connectivity index (χ1) is 13.2. The van der Waals surface area contributed by atoms with Gasteiger partial charge in [0.15, 0.2) is 5.78 Å². The average molecular weight is 393 g/mol. The highest BCUT2D eigenvalue weighted by atomic mass is 16.5. The largest absolute Gasteiger partial charge is 0.458 e. The summed E-state index contributed by atoms with van der Waals surface area (Å²) in [5, 5.41) is 21.5. The Bertz CT molecular complexity index is 647. The second kappa shape index (κ2) is 7.09. The van der Waals surface area contributed by atoms with Crippen molar-refractivity contribution in [1.29, 1.82) is 0 Å². The van der Waals surface area contributed by atoms with Gasteiger partial charge in [0.1, 0.15) is 6.61 Å². The maximum atomic E-state index is 12.8. The van der Waals surface area contributed by atoms with Gasteiger partial charge in [0.05, 0.1) is 12.2 Å². The number of ether oxygens (including phenoxy) is 1. The van der Waals surface area contributed by atoms with Crippen molar-refractivity contribution in [2.45, 2.75) is 84.3 Å². The first kappa shape index (κ1) is 20.3. The van der Waals surface area contributed by atoms with Crippen LogP contribution in [0.4, 0.5) is 0 Å². The third-order valence-corrected chi connectivity index (χ3v) is 9.37. The summed E-state index contributed by atoms with van der Waals surface area (Å²) in [4.78, 5) is 23.9. The van der Waals surface area contributed by atoms with E-state index in [-0.39, 0.29) is 41.2 Å². The number of aliphatic hydroxyl groups is 2. The highest BCUT2D eigenvalue weighted by Crippen LogP contribution is 2.67. The van der Waals surface area contributed by atoms with Gasteiger partial charge < -0.3 is 14.9 Å². The Balaban J connectivity index is 1.57. The lowest BCUT2D eigenvalue weighted by Crippen LogP contribution is -2.59. The molecule has 4 aliphatic rings. The predicted octanol–water partition coefficient (Wildman–Crippen LogP) is 3.11. The minimum atomic E-state index is -0.414. The molecule has 0 aliphatic heterocycles.